The highest BCUT2D eigenvalue weighted by molar-refractivity contribution is 9.10. The van der Waals surface area contributed by atoms with Gasteiger partial charge in [-0.05, 0) is 97.9 Å². The molecule has 41 heavy (non-hydrogen) atoms. The Bertz CT molecular complexity index is 1470. The lowest BCUT2D eigenvalue weighted by Gasteiger charge is -2.19. The first-order valence-corrected chi connectivity index (χ1v) is 13.8. The number of halogens is 3. The third-order valence-corrected chi connectivity index (χ3v) is 6.28. The van der Waals surface area contributed by atoms with E-state index in [-0.39, 0.29) is 5.75 Å². The molecule has 0 unspecified atom stereocenters. The lowest BCUT2D eigenvalue weighted by molar-refractivity contribution is -0.140. The van der Waals surface area contributed by atoms with Gasteiger partial charge in [-0.2, -0.15) is 5.10 Å². The molecule has 0 aliphatic rings. The van der Waals surface area contributed by atoms with Gasteiger partial charge in [-0.15, -0.1) is 0 Å². The van der Waals surface area contributed by atoms with Crippen LogP contribution in [-0.2, 0) is 4.79 Å². The molecular formula is C30H23BrCl2N2O6. The molecule has 1 N–H and O–H groups in total. The molecule has 4 rings (SSSR count). The second kappa shape index (κ2) is 14.5. The Hall–Kier alpha value is -4.05. The first-order chi connectivity index (χ1) is 19.8. The summed E-state index contributed by atoms with van der Waals surface area (Å²) in [5.41, 5.74) is 3.17. The zero-order chi connectivity index (χ0) is 29.2. The van der Waals surface area contributed by atoms with Crippen LogP contribution in [0.2, 0.25) is 10.0 Å². The first kappa shape index (κ1) is 29.9. The van der Waals surface area contributed by atoms with Crippen molar-refractivity contribution in [3.63, 3.8) is 0 Å². The predicted molar refractivity (Wildman–Crippen MR) is 160 cm³/mol. The minimum absolute atomic E-state index is 0.233. The van der Waals surface area contributed by atoms with Gasteiger partial charge in [0.15, 0.2) is 0 Å². The minimum Gasteiger partial charge on any atom is -0.494 e. The van der Waals surface area contributed by atoms with Crippen molar-refractivity contribution < 1.29 is 28.5 Å². The maximum atomic E-state index is 13.0. The molecule has 4 aromatic carbocycles. The first-order valence-electron chi connectivity index (χ1n) is 12.2. The van der Waals surface area contributed by atoms with Gasteiger partial charge in [-0.1, -0.05) is 39.1 Å². The van der Waals surface area contributed by atoms with Crippen LogP contribution in [0.3, 0.4) is 0 Å². The van der Waals surface area contributed by atoms with Crippen molar-refractivity contribution in [2.24, 2.45) is 5.10 Å². The molecule has 0 bridgehead atoms. The van der Waals surface area contributed by atoms with E-state index >= 15 is 0 Å². The molecule has 1 amide bonds. The van der Waals surface area contributed by atoms with Crippen molar-refractivity contribution in [2.75, 3.05) is 6.61 Å². The van der Waals surface area contributed by atoms with Crippen molar-refractivity contribution >= 4 is 57.2 Å². The van der Waals surface area contributed by atoms with Crippen molar-refractivity contribution in [2.45, 2.75) is 13.2 Å². The average molecular weight is 658 g/mol. The summed E-state index contributed by atoms with van der Waals surface area (Å²) in [6, 6.07) is 24.5. The standard InChI is InChI=1S/C30H23BrCl2N2O6/c1-2-38-24-10-3-19(4-11-24)29(37)41-27-16-5-21(31)17-20(27)18-34-35-28(36)30(39-25-12-6-22(32)7-13-25)40-26-14-8-23(33)9-15-26/h3-18,30H,2H2,1H3,(H,35,36). The van der Waals surface area contributed by atoms with Crippen molar-refractivity contribution in [3.8, 4) is 23.0 Å². The number of nitrogens with one attached hydrogen (secondary N) is 1. The summed E-state index contributed by atoms with van der Waals surface area (Å²) in [5.74, 6) is 0.313. The van der Waals surface area contributed by atoms with Crippen LogP contribution >= 0.6 is 39.1 Å². The Morgan fingerprint density at radius 3 is 1.98 bits per heavy atom. The van der Waals surface area contributed by atoms with Gasteiger partial charge in [-0.25, -0.2) is 10.2 Å². The van der Waals surface area contributed by atoms with Gasteiger partial charge in [0, 0.05) is 20.1 Å². The van der Waals surface area contributed by atoms with Gasteiger partial charge in [0.05, 0.1) is 18.4 Å². The molecule has 0 aromatic heterocycles. The zero-order valence-corrected chi connectivity index (χ0v) is 24.7. The van der Waals surface area contributed by atoms with Gasteiger partial charge >= 0.3 is 18.2 Å². The van der Waals surface area contributed by atoms with E-state index in [1.54, 1.807) is 91.0 Å². The molecule has 0 fully saturated rings. The van der Waals surface area contributed by atoms with Crippen LogP contribution in [0.5, 0.6) is 23.0 Å². The fourth-order valence-electron chi connectivity index (χ4n) is 3.35. The maximum absolute atomic E-state index is 13.0. The number of carbonyl (C=O) groups is 2. The van der Waals surface area contributed by atoms with Crippen LogP contribution in [0.1, 0.15) is 22.8 Å². The van der Waals surface area contributed by atoms with Crippen LogP contribution in [-0.4, -0.2) is 31.0 Å². The van der Waals surface area contributed by atoms with Gasteiger partial charge in [-0.3, -0.25) is 4.79 Å². The van der Waals surface area contributed by atoms with Gasteiger partial charge in [0.1, 0.15) is 23.0 Å². The minimum atomic E-state index is -1.41. The number of amides is 1. The molecule has 8 nitrogen and oxygen atoms in total. The Morgan fingerprint density at radius 1 is 0.854 bits per heavy atom. The number of hydrogen-bond acceptors (Lipinski definition) is 7. The molecule has 11 heteroatoms. The number of hydrogen-bond donors (Lipinski definition) is 1. The van der Waals surface area contributed by atoms with Gasteiger partial charge in [0.25, 0.3) is 0 Å². The lowest BCUT2D eigenvalue weighted by atomic mass is 10.2. The Morgan fingerprint density at radius 2 is 1.41 bits per heavy atom. The molecule has 0 heterocycles. The number of esters is 1. The largest absolute Gasteiger partial charge is 0.494 e. The van der Waals surface area contributed by atoms with E-state index in [4.69, 9.17) is 42.1 Å². The highest BCUT2D eigenvalue weighted by atomic mass is 79.9. The number of benzene rings is 4. The van der Waals surface area contributed by atoms with E-state index in [1.807, 2.05) is 6.92 Å². The van der Waals surface area contributed by atoms with Crippen LogP contribution in [0.4, 0.5) is 0 Å². The van der Waals surface area contributed by atoms with E-state index in [9.17, 15) is 9.59 Å². The van der Waals surface area contributed by atoms with E-state index < -0.39 is 18.2 Å². The fourth-order valence-corrected chi connectivity index (χ4v) is 3.98. The third kappa shape index (κ3) is 8.97. The Labute approximate surface area is 254 Å². The van der Waals surface area contributed by atoms with E-state index in [1.165, 1.54) is 6.21 Å². The van der Waals surface area contributed by atoms with E-state index in [2.05, 4.69) is 26.5 Å². The summed E-state index contributed by atoms with van der Waals surface area (Å²) in [5, 5.41) is 5.05. The smallest absolute Gasteiger partial charge is 0.343 e. The summed E-state index contributed by atoms with van der Waals surface area (Å²) < 4.78 is 23.2. The summed E-state index contributed by atoms with van der Waals surface area (Å²) >= 11 is 15.3. The highest BCUT2D eigenvalue weighted by Crippen LogP contribution is 2.24. The molecule has 0 aliphatic carbocycles. The zero-order valence-electron chi connectivity index (χ0n) is 21.6. The number of ether oxygens (including phenoxy) is 4. The monoisotopic (exact) mass is 656 g/mol. The van der Waals surface area contributed by atoms with Gasteiger partial charge < -0.3 is 18.9 Å². The van der Waals surface area contributed by atoms with E-state index in [0.717, 1.165) is 0 Å². The molecule has 210 valence electrons. The van der Waals surface area contributed by atoms with Crippen LogP contribution in [0, 0.1) is 0 Å². The number of rotatable bonds is 11. The maximum Gasteiger partial charge on any atom is 0.343 e. The lowest BCUT2D eigenvalue weighted by Crippen LogP contribution is -2.40. The third-order valence-electron chi connectivity index (χ3n) is 5.28. The summed E-state index contributed by atoms with van der Waals surface area (Å²) in [7, 11) is 0. The van der Waals surface area contributed by atoms with Crippen LogP contribution in [0.25, 0.3) is 0 Å². The van der Waals surface area contributed by atoms with Gasteiger partial charge in [0.2, 0.25) is 0 Å². The second-order valence-electron chi connectivity index (χ2n) is 8.24. The second-order valence-corrected chi connectivity index (χ2v) is 10.0. The summed E-state index contributed by atoms with van der Waals surface area (Å²) in [4.78, 5) is 25.8. The molecule has 0 atom stereocenters. The predicted octanol–water partition coefficient (Wildman–Crippen LogP) is 7.31. The number of carbonyl (C=O) groups excluding carboxylic acids is 2. The Kier molecular flexibility index (Phi) is 10.6. The molecule has 0 aliphatic heterocycles. The molecule has 0 saturated heterocycles. The van der Waals surface area contributed by atoms with E-state index in [0.29, 0.717) is 49.5 Å². The molecule has 4 aromatic rings. The van der Waals surface area contributed by atoms with Crippen LogP contribution < -0.4 is 24.4 Å². The topological polar surface area (TPSA) is 95.5 Å². The van der Waals surface area contributed by atoms with Crippen molar-refractivity contribution in [1.29, 1.82) is 0 Å². The molecule has 0 spiro atoms. The summed E-state index contributed by atoms with van der Waals surface area (Å²) in [6.45, 7) is 2.39. The molecule has 0 radical (unpaired) electrons. The quantitative estimate of drug-likeness (QED) is 0.0598. The Balaban J connectivity index is 1.47. The van der Waals surface area contributed by atoms with Crippen molar-refractivity contribution in [3.05, 3.63) is 117 Å². The number of hydrazone groups is 1. The fraction of sp³-hybridized carbons (Fsp3) is 0.100. The number of nitrogens with zero attached hydrogens (tertiary/aromatic N) is 1. The molecular weight excluding hydrogens is 635 g/mol. The van der Waals surface area contributed by atoms with Crippen LogP contribution in [0.15, 0.2) is 101 Å². The van der Waals surface area contributed by atoms with Crippen molar-refractivity contribution in [1.82, 2.24) is 5.43 Å². The average Bonchev–Trinajstić information content (AvgIpc) is 2.96. The summed E-state index contributed by atoms with van der Waals surface area (Å²) in [6.07, 6.45) is -0.0700. The normalized spacial score (nSPS) is 10.9. The molecule has 0 saturated carbocycles. The highest BCUT2D eigenvalue weighted by Gasteiger charge is 2.23. The SMILES string of the molecule is CCOc1ccc(C(=O)Oc2ccc(Br)cc2C=NNC(=O)C(Oc2ccc(Cl)cc2)Oc2ccc(Cl)cc2)cc1.